The fraction of sp³-hybridized carbons (Fsp3) is 0.591. The van der Waals surface area contributed by atoms with Gasteiger partial charge in [0.05, 0.1) is 12.5 Å². The number of carbonyl (C=O) groups excluding carboxylic acids is 2. The van der Waals surface area contributed by atoms with Crippen LogP contribution in [-0.2, 0) is 20.8 Å². The van der Waals surface area contributed by atoms with Crippen LogP contribution in [0.1, 0.15) is 45.1 Å². The average molecular weight is 389 g/mol. The molecule has 2 rings (SSSR count). The minimum Gasteiger partial charge on any atom is -0.481 e. The number of amides is 2. The van der Waals surface area contributed by atoms with Gasteiger partial charge in [0, 0.05) is 25.6 Å². The zero-order chi connectivity index (χ0) is 20.7. The molecule has 1 heterocycles. The van der Waals surface area contributed by atoms with E-state index in [4.69, 9.17) is 0 Å². The Morgan fingerprint density at radius 2 is 1.89 bits per heavy atom. The fourth-order valence-electron chi connectivity index (χ4n) is 3.78. The number of hydrogen-bond acceptors (Lipinski definition) is 3. The molecule has 1 saturated heterocycles. The van der Waals surface area contributed by atoms with Gasteiger partial charge in [0.2, 0.25) is 11.8 Å². The second-order valence-electron chi connectivity index (χ2n) is 8.40. The number of rotatable bonds is 8. The van der Waals surface area contributed by atoms with Gasteiger partial charge in [0.1, 0.15) is 0 Å². The number of carboxylic acids is 1. The Balaban J connectivity index is 1.84. The summed E-state index contributed by atoms with van der Waals surface area (Å²) < 4.78 is 0. The van der Waals surface area contributed by atoms with E-state index >= 15 is 0 Å². The van der Waals surface area contributed by atoms with Crippen LogP contribution in [0, 0.1) is 11.3 Å². The second-order valence-corrected chi connectivity index (χ2v) is 8.40. The smallest absolute Gasteiger partial charge is 0.308 e. The van der Waals surface area contributed by atoms with Crippen LogP contribution in [0.2, 0.25) is 0 Å². The largest absolute Gasteiger partial charge is 0.481 e. The van der Waals surface area contributed by atoms with Crippen LogP contribution in [0.15, 0.2) is 30.3 Å². The summed E-state index contributed by atoms with van der Waals surface area (Å²) in [6.45, 7) is 4.63. The van der Waals surface area contributed by atoms with E-state index in [-0.39, 0.29) is 24.9 Å². The van der Waals surface area contributed by atoms with E-state index in [1.807, 2.05) is 32.0 Å². The molecule has 0 aliphatic carbocycles. The maximum Gasteiger partial charge on any atom is 0.308 e. The average Bonchev–Trinajstić information content (AvgIpc) is 2.68. The van der Waals surface area contributed by atoms with Crippen molar-refractivity contribution in [3.05, 3.63) is 35.9 Å². The van der Waals surface area contributed by atoms with Crippen LogP contribution in [0.3, 0.4) is 0 Å². The molecule has 0 aromatic heterocycles. The van der Waals surface area contributed by atoms with Crippen molar-refractivity contribution in [2.75, 3.05) is 26.7 Å². The third-order valence-electron chi connectivity index (χ3n) is 5.53. The molecule has 1 aromatic rings. The highest BCUT2D eigenvalue weighted by Crippen LogP contribution is 2.26. The Morgan fingerprint density at radius 3 is 2.54 bits per heavy atom. The van der Waals surface area contributed by atoms with Crippen LogP contribution >= 0.6 is 0 Å². The van der Waals surface area contributed by atoms with E-state index in [2.05, 4.69) is 12.1 Å². The van der Waals surface area contributed by atoms with Crippen molar-refractivity contribution in [3.63, 3.8) is 0 Å². The van der Waals surface area contributed by atoms with Gasteiger partial charge in [-0.05, 0) is 37.7 Å². The Labute approximate surface area is 167 Å². The number of hydrogen-bond donors (Lipinski definition) is 1. The minimum absolute atomic E-state index is 0.00666. The summed E-state index contributed by atoms with van der Waals surface area (Å²) >= 11 is 0. The normalized spacial score (nSPS) is 17.2. The summed E-state index contributed by atoms with van der Waals surface area (Å²) in [5, 5.41) is 9.18. The van der Waals surface area contributed by atoms with Crippen molar-refractivity contribution in [1.29, 1.82) is 0 Å². The number of carboxylic acid groups (broad SMARTS) is 1. The van der Waals surface area contributed by atoms with E-state index in [9.17, 15) is 19.5 Å². The third kappa shape index (κ3) is 6.08. The molecule has 6 nitrogen and oxygen atoms in total. The SMILES string of the molecule is CN(CC(=O)N1CCCC(C(=O)O)C1)C(=O)C(C)(C)CCCc1ccccc1. The molecule has 1 atom stereocenters. The first kappa shape index (κ1) is 21.9. The van der Waals surface area contributed by atoms with Crippen molar-refractivity contribution in [1.82, 2.24) is 9.80 Å². The van der Waals surface area contributed by atoms with E-state index in [0.717, 1.165) is 19.3 Å². The second kappa shape index (κ2) is 9.71. The Bertz CT molecular complexity index is 687. The number of aryl methyl sites for hydroxylation is 1. The lowest BCUT2D eigenvalue weighted by atomic mass is 9.85. The summed E-state index contributed by atoms with van der Waals surface area (Å²) in [4.78, 5) is 39.6. The van der Waals surface area contributed by atoms with Crippen molar-refractivity contribution < 1.29 is 19.5 Å². The molecule has 1 aliphatic rings. The predicted molar refractivity (Wildman–Crippen MR) is 108 cm³/mol. The molecule has 6 heteroatoms. The highest BCUT2D eigenvalue weighted by molar-refractivity contribution is 5.87. The van der Waals surface area contributed by atoms with Crippen LogP contribution in [0.4, 0.5) is 0 Å². The topological polar surface area (TPSA) is 77.9 Å². The van der Waals surface area contributed by atoms with E-state index in [1.54, 1.807) is 11.9 Å². The lowest BCUT2D eigenvalue weighted by Gasteiger charge is -2.34. The lowest BCUT2D eigenvalue weighted by molar-refractivity contribution is -0.149. The summed E-state index contributed by atoms with van der Waals surface area (Å²) in [6, 6.07) is 10.2. The van der Waals surface area contributed by atoms with Gasteiger partial charge in [-0.25, -0.2) is 0 Å². The predicted octanol–water partition coefficient (Wildman–Crippen LogP) is 2.82. The van der Waals surface area contributed by atoms with Gasteiger partial charge in [-0.3, -0.25) is 14.4 Å². The number of likely N-dealkylation sites (tertiary alicyclic amines) is 1. The first-order valence-electron chi connectivity index (χ1n) is 10.0. The number of nitrogens with zero attached hydrogens (tertiary/aromatic N) is 2. The van der Waals surface area contributed by atoms with Crippen LogP contribution < -0.4 is 0 Å². The molecule has 1 unspecified atom stereocenters. The van der Waals surface area contributed by atoms with Gasteiger partial charge in [-0.2, -0.15) is 0 Å². The number of likely N-dealkylation sites (N-methyl/N-ethyl adjacent to an activating group) is 1. The summed E-state index contributed by atoms with van der Waals surface area (Å²) in [6.07, 6.45) is 3.85. The molecule has 0 bridgehead atoms. The zero-order valence-electron chi connectivity index (χ0n) is 17.2. The monoisotopic (exact) mass is 388 g/mol. The van der Waals surface area contributed by atoms with Gasteiger partial charge in [0.25, 0.3) is 0 Å². The molecule has 0 spiro atoms. The molecular weight excluding hydrogens is 356 g/mol. The maximum atomic E-state index is 12.9. The Morgan fingerprint density at radius 1 is 1.21 bits per heavy atom. The van der Waals surface area contributed by atoms with Gasteiger partial charge in [0.15, 0.2) is 0 Å². The minimum atomic E-state index is -0.860. The van der Waals surface area contributed by atoms with Crippen molar-refractivity contribution in [3.8, 4) is 0 Å². The first-order valence-corrected chi connectivity index (χ1v) is 10.0. The first-order chi connectivity index (χ1) is 13.2. The van der Waals surface area contributed by atoms with Gasteiger partial charge in [-0.15, -0.1) is 0 Å². The Kier molecular flexibility index (Phi) is 7.61. The third-order valence-corrected chi connectivity index (χ3v) is 5.53. The molecule has 1 aliphatic heterocycles. The molecular formula is C22H32N2O4. The van der Waals surface area contributed by atoms with E-state index in [0.29, 0.717) is 19.4 Å². The van der Waals surface area contributed by atoms with Gasteiger partial charge < -0.3 is 14.9 Å². The van der Waals surface area contributed by atoms with Crippen molar-refractivity contribution in [2.45, 2.75) is 46.0 Å². The number of carbonyl (C=O) groups is 3. The molecule has 1 fully saturated rings. The van der Waals surface area contributed by atoms with Crippen LogP contribution in [0.5, 0.6) is 0 Å². The molecule has 1 N–H and O–H groups in total. The summed E-state index contributed by atoms with van der Waals surface area (Å²) in [5.41, 5.74) is 0.710. The highest BCUT2D eigenvalue weighted by Gasteiger charge is 2.33. The fourth-order valence-corrected chi connectivity index (χ4v) is 3.78. The standard InChI is InChI=1S/C22H32N2O4/c1-22(2,13-7-11-17-9-5-4-6-10-17)21(28)23(3)16-19(25)24-14-8-12-18(15-24)20(26)27/h4-6,9-10,18H,7-8,11-16H2,1-3H3,(H,26,27). The Hall–Kier alpha value is -2.37. The van der Waals surface area contributed by atoms with Crippen LogP contribution in [0.25, 0.3) is 0 Å². The van der Waals surface area contributed by atoms with Gasteiger partial charge >= 0.3 is 5.97 Å². The van der Waals surface area contributed by atoms with Crippen LogP contribution in [-0.4, -0.2) is 59.4 Å². The maximum absolute atomic E-state index is 12.9. The highest BCUT2D eigenvalue weighted by atomic mass is 16.4. The van der Waals surface area contributed by atoms with Crippen molar-refractivity contribution >= 4 is 17.8 Å². The number of benzene rings is 1. The molecule has 154 valence electrons. The summed E-state index contributed by atoms with van der Waals surface area (Å²) in [7, 11) is 1.65. The molecule has 0 saturated carbocycles. The summed E-state index contributed by atoms with van der Waals surface area (Å²) in [5.74, 6) is -1.60. The lowest BCUT2D eigenvalue weighted by Crippen LogP contribution is -2.48. The van der Waals surface area contributed by atoms with Crippen molar-refractivity contribution in [2.24, 2.45) is 11.3 Å². The van der Waals surface area contributed by atoms with E-state index in [1.165, 1.54) is 10.5 Å². The number of aliphatic carboxylic acids is 1. The number of piperidine rings is 1. The van der Waals surface area contributed by atoms with Gasteiger partial charge in [-0.1, -0.05) is 44.2 Å². The molecule has 2 amide bonds. The zero-order valence-corrected chi connectivity index (χ0v) is 17.2. The molecule has 28 heavy (non-hydrogen) atoms. The molecule has 1 aromatic carbocycles. The quantitative estimate of drug-likeness (QED) is 0.743. The van der Waals surface area contributed by atoms with E-state index < -0.39 is 17.3 Å². The molecule has 0 radical (unpaired) electrons.